The molecule has 1 aromatic heterocycles. The molecule has 0 atom stereocenters. The van der Waals surface area contributed by atoms with Gasteiger partial charge in [-0.25, -0.2) is 18.4 Å². The van der Waals surface area contributed by atoms with Gasteiger partial charge in [-0.2, -0.15) is 4.98 Å². The fourth-order valence-electron chi connectivity index (χ4n) is 2.45. The molecule has 2 N–H and O–H groups in total. The maximum absolute atomic E-state index is 12.4. The second-order valence-corrected chi connectivity index (χ2v) is 8.26. The highest BCUT2D eigenvalue weighted by Crippen LogP contribution is 2.31. The van der Waals surface area contributed by atoms with E-state index in [1.807, 2.05) is 0 Å². The van der Waals surface area contributed by atoms with Gasteiger partial charge in [0.05, 0.1) is 30.2 Å². The summed E-state index contributed by atoms with van der Waals surface area (Å²) in [5, 5.41) is 8.96. The molecule has 0 saturated heterocycles. The minimum Gasteiger partial charge on any atom is -0.497 e. The minimum atomic E-state index is -3.97. The molecule has 0 aliphatic heterocycles. The number of carbonyl (C=O) groups excluding carboxylic acids is 1. The summed E-state index contributed by atoms with van der Waals surface area (Å²) >= 11 is 3.17. The normalized spacial score (nSPS) is 11.2. The molecule has 3 aromatic rings. The van der Waals surface area contributed by atoms with Crippen LogP contribution in [-0.4, -0.2) is 38.7 Å². The number of nitrogens with two attached hydrogens (primary N) is 1. The quantitative estimate of drug-likeness (QED) is 0.486. The molecule has 0 aliphatic rings. The standard InChI is InChI=1S/C18H16BrN3O7S/c1-26-10-3-5-12(15(7-10)27-2)17-21-16(29-22-17)9-28-18(23)13-8-11(30(20,24)25)4-6-14(13)19/h3-8H,9H2,1-2H3,(H2,20,24,25). The van der Waals surface area contributed by atoms with Crippen LogP contribution < -0.4 is 14.6 Å². The van der Waals surface area contributed by atoms with Gasteiger partial charge in [-0.1, -0.05) is 5.16 Å². The van der Waals surface area contributed by atoms with E-state index < -0.39 is 16.0 Å². The maximum atomic E-state index is 12.4. The third kappa shape index (κ3) is 4.78. The van der Waals surface area contributed by atoms with E-state index in [1.54, 1.807) is 18.2 Å². The lowest BCUT2D eigenvalue weighted by Gasteiger charge is -2.07. The van der Waals surface area contributed by atoms with Crippen LogP contribution in [0, 0.1) is 0 Å². The van der Waals surface area contributed by atoms with Gasteiger partial charge in [0.2, 0.25) is 15.8 Å². The predicted molar refractivity (Wildman–Crippen MR) is 107 cm³/mol. The van der Waals surface area contributed by atoms with Crippen LogP contribution in [0.2, 0.25) is 0 Å². The zero-order valence-electron chi connectivity index (χ0n) is 15.8. The van der Waals surface area contributed by atoms with Gasteiger partial charge in [0.25, 0.3) is 5.89 Å². The number of benzene rings is 2. The molecule has 0 radical (unpaired) electrons. The van der Waals surface area contributed by atoms with Crippen molar-refractivity contribution in [3.63, 3.8) is 0 Å². The van der Waals surface area contributed by atoms with E-state index in [2.05, 4.69) is 26.1 Å². The number of halogens is 1. The van der Waals surface area contributed by atoms with Gasteiger partial charge in [-0.05, 0) is 46.3 Å². The summed E-state index contributed by atoms with van der Waals surface area (Å²) in [5.74, 6) is 0.546. The molecule has 10 nitrogen and oxygen atoms in total. The Bertz CT molecular complexity index is 1190. The Balaban J connectivity index is 1.76. The van der Waals surface area contributed by atoms with Crippen molar-refractivity contribution >= 4 is 31.9 Å². The SMILES string of the molecule is COc1ccc(-c2noc(COC(=O)c3cc(S(N)(=O)=O)ccc3Br)n2)c(OC)c1. The number of methoxy groups -OCH3 is 2. The highest BCUT2D eigenvalue weighted by Gasteiger charge is 2.19. The van der Waals surface area contributed by atoms with E-state index >= 15 is 0 Å². The molecule has 12 heteroatoms. The summed E-state index contributed by atoms with van der Waals surface area (Å²) in [6, 6.07) is 8.85. The van der Waals surface area contributed by atoms with E-state index in [0.717, 1.165) is 6.07 Å². The lowest BCUT2D eigenvalue weighted by Crippen LogP contribution is -2.14. The van der Waals surface area contributed by atoms with Crippen molar-refractivity contribution in [1.29, 1.82) is 0 Å². The molecule has 158 valence electrons. The Morgan fingerprint density at radius 2 is 1.93 bits per heavy atom. The molecule has 3 rings (SSSR count). The van der Waals surface area contributed by atoms with E-state index in [9.17, 15) is 13.2 Å². The van der Waals surface area contributed by atoms with Crippen LogP contribution in [0.4, 0.5) is 0 Å². The van der Waals surface area contributed by atoms with Crippen molar-refractivity contribution in [3.05, 3.63) is 52.3 Å². The summed E-state index contributed by atoms with van der Waals surface area (Å²) in [6.07, 6.45) is 0. The second-order valence-electron chi connectivity index (χ2n) is 5.84. The Labute approximate surface area is 180 Å². The Morgan fingerprint density at radius 1 is 1.17 bits per heavy atom. The largest absolute Gasteiger partial charge is 0.497 e. The topological polar surface area (TPSA) is 144 Å². The lowest BCUT2D eigenvalue weighted by molar-refractivity contribution is 0.0428. The zero-order valence-corrected chi connectivity index (χ0v) is 18.2. The van der Waals surface area contributed by atoms with Crippen LogP contribution in [0.25, 0.3) is 11.4 Å². The molecule has 0 aliphatic carbocycles. The summed E-state index contributed by atoms with van der Waals surface area (Å²) < 4.78 is 44.0. The fraction of sp³-hybridized carbons (Fsp3) is 0.167. The maximum Gasteiger partial charge on any atom is 0.339 e. The molecular formula is C18H16BrN3O7S. The van der Waals surface area contributed by atoms with Gasteiger partial charge in [0.15, 0.2) is 6.61 Å². The Hall–Kier alpha value is -2.96. The molecule has 30 heavy (non-hydrogen) atoms. The molecular weight excluding hydrogens is 482 g/mol. The van der Waals surface area contributed by atoms with Crippen molar-refractivity contribution in [1.82, 2.24) is 10.1 Å². The van der Waals surface area contributed by atoms with E-state index in [4.69, 9.17) is 23.9 Å². The number of nitrogens with zero attached hydrogens (tertiary/aromatic N) is 2. The number of aromatic nitrogens is 2. The first-order valence-corrected chi connectivity index (χ1v) is 10.6. The molecule has 0 amide bonds. The zero-order chi connectivity index (χ0) is 21.9. The fourth-order valence-corrected chi connectivity index (χ4v) is 3.40. The molecule has 0 spiro atoms. The van der Waals surface area contributed by atoms with Crippen LogP contribution in [0.5, 0.6) is 11.5 Å². The van der Waals surface area contributed by atoms with Crippen molar-refractivity contribution in [2.24, 2.45) is 5.14 Å². The lowest BCUT2D eigenvalue weighted by atomic mass is 10.2. The highest BCUT2D eigenvalue weighted by atomic mass is 79.9. The van der Waals surface area contributed by atoms with Crippen LogP contribution >= 0.6 is 15.9 Å². The molecule has 0 bridgehead atoms. The van der Waals surface area contributed by atoms with Crippen molar-refractivity contribution < 1.29 is 31.9 Å². The first kappa shape index (κ1) is 21.7. The van der Waals surface area contributed by atoms with Gasteiger partial charge in [0, 0.05) is 10.5 Å². The minimum absolute atomic E-state index is 0.0157. The first-order chi connectivity index (χ1) is 14.2. The van der Waals surface area contributed by atoms with Crippen molar-refractivity contribution in [3.8, 4) is 22.9 Å². The van der Waals surface area contributed by atoms with Gasteiger partial charge in [0.1, 0.15) is 11.5 Å². The van der Waals surface area contributed by atoms with Crippen LogP contribution in [0.3, 0.4) is 0 Å². The predicted octanol–water partition coefficient (Wildman–Crippen LogP) is 2.52. The number of esters is 1. The number of hydrogen-bond acceptors (Lipinski definition) is 9. The van der Waals surface area contributed by atoms with E-state index in [-0.39, 0.29) is 28.8 Å². The first-order valence-electron chi connectivity index (χ1n) is 8.27. The molecule has 1 heterocycles. The summed E-state index contributed by atoms with van der Waals surface area (Å²) in [7, 11) is -0.943. The summed E-state index contributed by atoms with van der Waals surface area (Å²) in [6.45, 7) is -0.323. The number of hydrogen-bond donors (Lipinski definition) is 1. The van der Waals surface area contributed by atoms with Crippen LogP contribution in [0.15, 0.2) is 50.3 Å². The van der Waals surface area contributed by atoms with Gasteiger partial charge in [-0.3, -0.25) is 0 Å². The molecule has 0 saturated carbocycles. The van der Waals surface area contributed by atoms with Crippen molar-refractivity contribution in [2.45, 2.75) is 11.5 Å². The van der Waals surface area contributed by atoms with Crippen LogP contribution in [-0.2, 0) is 21.4 Å². The molecule has 0 unspecified atom stereocenters. The number of ether oxygens (including phenoxy) is 3. The van der Waals surface area contributed by atoms with Gasteiger partial charge >= 0.3 is 5.97 Å². The van der Waals surface area contributed by atoms with Gasteiger partial charge < -0.3 is 18.7 Å². The number of carbonyl (C=O) groups is 1. The number of rotatable bonds is 7. The average Bonchev–Trinajstić information content (AvgIpc) is 3.19. The molecule has 0 fully saturated rings. The number of sulfonamides is 1. The van der Waals surface area contributed by atoms with Gasteiger partial charge in [-0.15, -0.1) is 0 Å². The Morgan fingerprint density at radius 3 is 2.60 bits per heavy atom. The van der Waals surface area contributed by atoms with E-state index in [1.165, 1.54) is 26.4 Å². The number of primary sulfonamides is 1. The second kappa shape index (κ2) is 8.81. The van der Waals surface area contributed by atoms with Crippen molar-refractivity contribution in [2.75, 3.05) is 14.2 Å². The highest BCUT2D eigenvalue weighted by molar-refractivity contribution is 9.10. The smallest absolute Gasteiger partial charge is 0.339 e. The monoisotopic (exact) mass is 497 g/mol. The summed E-state index contributed by atoms with van der Waals surface area (Å²) in [4.78, 5) is 16.3. The average molecular weight is 498 g/mol. The van der Waals surface area contributed by atoms with E-state index in [0.29, 0.717) is 21.5 Å². The summed E-state index contributed by atoms with van der Waals surface area (Å²) in [5.41, 5.74) is 0.543. The third-order valence-electron chi connectivity index (χ3n) is 3.93. The van der Waals surface area contributed by atoms with Crippen LogP contribution in [0.1, 0.15) is 16.2 Å². The third-order valence-corrected chi connectivity index (χ3v) is 5.53. The molecule has 2 aromatic carbocycles. The Kier molecular flexibility index (Phi) is 6.39.